The fourth-order valence-corrected chi connectivity index (χ4v) is 2.45. The molecule has 0 aromatic heterocycles. The lowest BCUT2D eigenvalue weighted by molar-refractivity contribution is -0.159. The van der Waals surface area contributed by atoms with Crippen molar-refractivity contribution in [2.75, 3.05) is 13.7 Å². The third kappa shape index (κ3) is 1.61. The van der Waals surface area contributed by atoms with Gasteiger partial charge in [-0.05, 0) is 29.9 Å². The molecule has 1 saturated carbocycles. The summed E-state index contributed by atoms with van der Waals surface area (Å²) in [6, 6.07) is -0.636. The van der Waals surface area contributed by atoms with Crippen molar-refractivity contribution < 1.29 is 19.1 Å². The summed E-state index contributed by atoms with van der Waals surface area (Å²) in [5.41, 5.74) is 0. The van der Waals surface area contributed by atoms with Gasteiger partial charge in [0.05, 0.1) is 7.11 Å². The monoisotopic (exact) mass is 231 g/mol. The van der Waals surface area contributed by atoms with Crippen LogP contribution in [0.3, 0.4) is 0 Å². The van der Waals surface area contributed by atoms with E-state index >= 15 is 0 Å². The number of hydrogen-bond acceptors (Lipinski definition) is 4. The number of carbonyl (C=O) groups is 3. The van der Waals surface area contributed by atoms with Gasteiger partial charge in [-0.2, -0.15) is 0 Å². The SMILES string of the molecule is COC(=O)C(=O)N1CC2C[C@@H]2[C@@H]1C(=O)Cl. The van der Waals surface area contributed by atoms with E-state index in [0.717, 1.165) is 13.5 Å². The number of ether oxygens (including phenoxy) is 1. The van der Waals surface area contributed by atoms with Gasteiger partial charge in [-0.15, -0.1) is 0 Å². The molecule has 1 unspecified atom stereocenters. The number of methoxy groups -OCH3 is 1. The Balaban J connectivity index is 2.12. The third-order valence-electron chi connectivity index (χ3n) is 3.00. The van der Waals surface area contributed by atoms with Gasteiger partial charge in [0.25, 0.3) is 0 Å². The van der Waals surface area contributed by atoms with E-state index < -0.39 is 23.2 Å². The Morgan fingerprint density at radius 1 is 1.40 bits per heavy atom. The number of nitrogens with zero attached hydrogens (tertiary/aromatic N) is 1. The average Bonchev–Trinajstić information content (AvgIpc) is 2.86. The molecule has 6 heteroatoms. The molecular weight excluding hydrogens is 222 g/mol. The van der Waals surface area contributed by atoms with Gasteiger partial charge in [0.1, 0.15) is 6.04 Å². The Morgan fingerprint density at radius 2 is 2.07 bits per heavy atom. The van der Waals surface area contributed by atoms with Crippen LogP contribution in [-0.4, -0.2) is 41.7 Å². The van der Waals surface area contributed by atoms with Crippen LogP contribution in [0.4, 0.5) is 0 Å². The molecule has 2 aliphatic rings. The predicted octanol–water partition coefficient (Wildman–Crippen LogP) is -0.228. The maximum Gasteiger partial charge on any atom is 0.396 e. The first-order valence-corrected chi connectivity index (χ1v) is 5.02. The largest absolute Gasteiger partial charge is 0.462 e. The lowest BCUT2D eigenvalue weighted by atomic mass is 10.2. The van der Waals surface area contributed by atoms with Gasteiger partial charge in [0.2, 0.25) is 5.24 Å². The lowest BCUT2D eigenvalue weighted by Crippen LogP contribution is -2.45. The van der Waals surface area contributed by atoms with Crippen molar-refractivity contribution in [3.05, 3.63) is 0 Å². The summed E-state index contributed by atoms with van der Waals surface area (Å²) in [6.07, 6.45) is 0.911. The highest BCUT2D eigenvalue weighted by Gasteiger charge is 2.57. The maximum absolute atomic E-state index is 11.5. The molecule has 0 bridgehead atoms. The van der Waals surface area contributed by atoms with E-state index in [1.54, 1.807) is 0 Å². The maximum atomic E-state index is 11.5. The first-order valence-electron chi connectivity index (χ1n) is 4.64. The van der Waals surface area contributed by atoms with E-state index in [1.165, 1.54) is 4.90 Å². The molecule has 0 radical (unpaired) electrons. The molecule has 1 saturated heterocycles. The van der Waals surface area contributed by atoms with E-state index in [-0.39, 0.29) is 5.92 Å². The van der Waals surface area contributed by atoms with E-state index in [1.807, 2.05) is 0 Å². The first-order chi connectivity index (χ1) is 7.06. The number of halogens is 1. The molecule has 1 aliphatic heterocycles. The number of esters is 1. The fraction of sp³-hybridized carbons (Fsp3) is 0.667. The minimum atomic E-state index is -0.945. The summed E-state index contributed by atoms with van der Waals surface area (Å²) in [5.74, 6) is -1.25. The van der Waals surface area contributed by atoms with Gasteiger partial charge in [0.15, 0.2) is 0 Å². The summed E-state index contributed by atoms with van der Waals surface area (Å²) in [7, 11) is 1.13. The van der Waals surface area contributed by atoms with Crippen molar-refractivity contribution in [2.24, 2.45) is 11.8 Å². The quantitative estimate of drug-likeness (QED) is 0.355. The predicted molar refractivity (Wildman–Crippen MR) is 50.0 cm³/mol. The zero-order chi connectivity index (χ0) is 11.2. The van der Waals surface area contributed by atoms with Crippen molar-refractivity contribution in [3.8, 4) is 0 Å². The minimum absolute atomic E-state index is 0.142. The molecule has 0 N–H and O–H groups in total. The second kappa shape index (κ2) is 3.48. The van der Waals surface area contributed by atoms with Crippen LogP contribution < -0.4 is 0 Å². The molecule has 5 nitrogen and oxygen atoms in total. The van der Waals surface area contributed by atoms with Crippen LogP contribution in [0, 0.1) is 11.8 Å². The van der Waals surface area contributed by atoms with E-state index in [2.05, 4.69) is 4.74 Å². The molecule has 1 amide bonds. The Hall–Kier alpha value is -1.10. The third-order valence-corrected chi connectivity index (χ3v) is 3.23. The summed E-state index contributed by atoms with van der Waals surface area (Å²) >= 11 is 5.41. The highest BCUT2D eigenvalue weighted by atomic mass is 35.5. The lowest BCUT2D eigenvalue weighted by Gasteiger charge is -2.22. The Kier molecular flexibility index (Phi) is 2.42. The van der Waals surface area contributed by atoms with Crippen LogP contribution >= 0.6 is 11.6 Å². The average molecular weight is 232 g/mol. The molecule has 15 heavy (non-hydrogen) atoms. The summed E-state index contributed by atoms with van der Waals surface area (Å²) in [4.78, 5) is 34.9. The molecule has 2 rings (SSSR count). The van der Waals surface area contributed by atoms with Crippen LogP contribution in [0.5, 0.6) is 0 Å². The molecule has 82 valence electrons. The molecule has 0 aromatic carbocycles. The zero-order valence-electron chi connectivity index (χ0n) is 8.10. The molecule has 1 aliphatic carbocycles. The van der Waals surface area contributed by atoms with Crippen molar-refractivity contribution in [2.45, 2.75) is 12.5 Å². The van der Waals surface area contributed by atoms with Crippen LogP contribution in [0.25, 0.3) is 0 Å². The number of rotatable bonds is 1. The molecule has 3 atom stereocenters. The van der Waals surface area contributed by atoms with Crippen LogP contribution in [0.1, 0.15) is 6.42 Å². The van der Waals surface area contributed by atoms with Gasteiger partial charge < -0.3 is 9.64 Å². The molecule has 0 spiro atoms. The Labute approximate surface area is 91.3 Å². The molecule has 0 aromatic rings. The Bertz CT molecular complexity index is 343. The summed E-state index contributed by atoms with van der Waals surface area (Å²) in [6.45, 7) is 0.432. The smallest absolute Gasteiger partial charge is 0.396 e. The summed E-state index contributed by atoms with van der Waals surface area (Å²) < 4.78 is 4.32. The van der Waals surface area contributed by atoms with Crippen molar-refractivity contribution in [3.63, 3.8) is 0 Å². The highest BCUT2D eigenvalue weighted by molar-refractivity contribution is 6.65. The van der Waals surface area contributed by atoms with E-state index in [4.69, 9.17) is 11.6 Å². The standard InChI is InChI=1S/C9H10ClNO4/c1-15-9(14)8(13)11-3-4-2-5(4)6(11)7(10)12/h4-6H,2-3H2,1H3/t4?,5-,6+/m0/s1. The van der Waals surface area contributed by atoms with Gasteiger partial charge in [-0.3, -0.25) is 9.59 Å². The first kappa shape index (κ1) is 10.4. The van der Waals surface area contributed by atoms with Crippen molar-refractivity contribution >= 4 is 28.7 Å². The topological polar surface area (TPSA) is 63.7 Å². The van der Waals surface area contributed by atoms with Crippen LogP contribution in [-0.2, 0) is 19.1 Å². The normalized spacial score (nSPS) is 32.1. The number of amides is 1. The second-order valence-corrected chi connectivity index (χ2v) is 4.23. The number of likely N-dealkylation sites (tertiary alicyclic amines) is 1. The summed E-state index contributed by atoms with van der Waals surface area (Å²) in [5, 5.41) is -0.572. The van der Waals surface area contributed by atoms with Gasteiger partial charge in [0, 0.05) is 6.54 Å². The molecular formula is C9H10ClNO4. The number of piperidine rings is 1. The van der Waals surface area contributed by atoms with E-state index in [9.17, 15) is 14.4 Å². The van der Waals surface area contributed by atoms with Crippen LogP contribution in [0.15, 0.2) is 0 Å². The van der Waals surface area contributed by atoms with Crippen molar-refractivity contribution in [1.82, 2.24) is 4.90 Å². The van der Waals surface area contributed by atoms with Gasteiger partial charge in [-0.25, -0.2) is 4.79 Å². The minimum Gasteiger partial charge on any atom is -0.462 e. The molecule has 2 fully saturated rings. The number of hydrogen-bond donors (Lipinski definition) is 0. The number of carbonyl (C=O) groups excluding carboxylic acids is 3. The zero-order valence-corrected chi connectivity index (χ0v) is 8.86. The van der Waals surface area contributed by atoms with Gasteiger partial charge in [-0.1, -0.05) is 0 Å². The second-order valence-electron chi connectivity index (χ2n) is 3.86. The van der Waals surface area contributed by atoms with E-state index in [0.29, 0.717) is 12.5 Å². The van der Waals surface area contributed by atoms with Crippen molar-refractivity contribution in [1.29, 1.82) is 0 Å². The highest BCUT2D eigenvalue weighted by Crippen LogP contribution is 2.50. The van der Waals surface area contributed by atoms with Gasteiger partial charge >= 0.3 is 11.9 Å². The van der Waals surface area contributed by atoms with Crippen LogP contribution in [0.2, 0.25) is 0 Å². The number of fused-ring (bicyclic) bond motifs is 1. The molecule has 1 heterocycles. The fourth-order valence-electron chi connectivity index (χ4n) is 2.17. The Morgan fingerprint density at radius 3 is 2.60 bits per heavy atom.